The Kier molecular flexibility index (Phi) is 13.0. The number of amides is 1. The van der Waals surface area contributed by atoms with Crippen LogP contribution in [0, 0.1) is 0 Å². The first-order chi connectivity index (χ1) is 24.3. The van der Waals surface area contributed by atoms with Crippen molar-refractivity contribution in [2.24, 2.45) is 0 Å². The number of ether oxygens (including phenoxy) is 2. The lowest BCUT2D eigenvalue weighted by atomic mass is 9.96. The van der Waals surface area contributed by atoms with E-state index in [-0.39, 0.29) is 32.1 Å². The molecule has 0 spiro atoms. The van der Waals surface area contributed by atoms with Crippen molar-refractivity contribution < 1.29 is 44.9 Å². The molecule has 1 heterocycles. The number of aromatic nitrogens is 1. The molecule has 0 bridgehead atoms. The zero-order valence-electron chi connectivity index (χ0n) is 28.8. The third-order valence-corrected chi connectivity index (χ3v) is 10.3. The molecule has 2 aliphatic carbocycles. The highest BCUT2D eigenvalue weighted by molar-refractivity contribution is 6.34. The Morgan fingerprint density at radius 1 is 1.00 bits per heavy atom. The topological polar surface area (TPSA) is 173 Å². The molecule has 278 valence electrons. The van der Waals surface area contributed by atoms with Crippen LogP contribution >= 0.6 is 23.2 Å². The second-order valence-corrected chi connectivity index (χ2v) is 14.4. The summed E-state index contributed by atoms with van der Waals surface area (Å²) in [6.07, 6.45) is 8.31. The third kappa shape index (κ3) is 9.22. The zero-order chi connectivity index (χ0) is 36.8. The Labute approximate surface area is 308 Å². The van der Waals surface area contributed by atoms with E-state index in [1.807, 2.05) is 37.4 Å². The average molecular weight is 748 g/mol. The lowest BCUT2D eigenvalue weighted by Crippen LogP contribution is -2.71. The Morgan fingerprint density at radius 2 is 1.71 bits per heavy atom. The number of rotatable bonds is 20. The van der Waals surface area contributed by atoms with E-state index in [0.29, 0.717) is 40.6 Å². The van der Waals surface area contributed by atoms with Crippen molar-refractivity contribution in [1.29, 1.82) is 0 Å². The standard InChI is InChI=1S/C38H48Cl2N2O9/c1-2-3-4-12-35(45)42(38(48,49)37(46,47)34(44)23-43)19-8-7-9-25-20-32(40)26(21-31(25)39)24-50-36(16-17-36)30-22-41-18-15-28(30)29-10-5-6-11-33(29)51-27-13-14-27/h5-6,10-11,15,18,20-22,27,34,43-44,46-49H,2-4,7-9,12-14,16-17,19,23-24H2,1H3. The summed E-state index contributed by atoms with van der Waals surface area (Å²) in [5.74, 6) is -7.06. The Morgan fingerprint density at radius 3 is 2.39 bits per heavy atom. The van der Waals surface area contributed by atoms with E-state index in [4.69, 9.17) is 32.7 Å². The molecule has 1 amide bonds. The van der Waals surface area contributed by atoms with Crippen LogP contribution in [0.1, 0.15) is 87.8 Å². The quantitative estimate of drug-likeness (QED) is 0.0666. The number of hydrogen-bond acceptors (Lipinski definition) is 10. The van der Waals surface area contributed by atoms with E-state index in [1.54, 1.807) is 18.3 Å². The van der Waals surface area contributed by atoms with Gasteiger partial charge in [-0.1, -0.05) is 61.2 Å². The van der Waals surface area contributed by atoms with Crippen LogP contribution in [-0.4, -0.2) is 83.5 Å². The minimum Gasteiger partial charge on any atom is -0.490 e. The molecule has 13 heteroatoms. The fraction of sp³-hybridized carbons (Fsp3) is 0.526. The summed E-state index contributed by atoms with van der Waals surface area (Å²) >= 11 is 13.4. The van der Waals surface area contributed by atoms with E-state index in [2.05, 4.69) is 11.1 Å². The maximum Gasteiger partial charge on any atom is 0.308 e. The molecule has 1 aromatic heterocycles. The maximum absolute atomic E-state index is 13.0. The predicted octanol–water partition coefficient (Wildman–Crippen LogP) is 5.21. The summed E-state index contributed by atoms with van der Waals surface area (Å²) < 4.78 is 12.8. The predicted molar refractivity (Wildman–Crippen MR) is 192 cm³/mol. The summed E-state index contributed by atoms with van der Waals surface area (Å²) in [5.41, 5.74) is 3.96. The minimum absolute atomic E-state index is 0.0709. The van der Waals surface area contributed by atoms with Crippen molar-refractivity contribution in [2.45, 2.75) is 114 Å². The number of carbonyl (C=O) groups excluding carboxylic acids is 1. The normalized spacial score (nSPS) is 16.2. The van der Waals surface area contributed by atoms with Crippen LogP contribution < -0.4 is 4.74 Å². The number of benzene rings is 2. The fourth-order valence-corrected chi connectivity index (χ4v) is 6.67. The van der Waals surface area contributed by atoms with Gasteiger partial charge in [0.15, 0.2) is 0 Å². The van der Waals surface area contributed by atoms with Gasteiger partial charge in [-0.05, 0) is 92.3 Å². The lowest BCUT2D eigenvalue weighted by molar-refractivity contribution is -0.427. The molecule has 2 saturated carbocycles. The van der Waals surface area contributed by atoms with Crippen LogP contribution in [0.4, 0.5) is 0 Å². The van der Waals surface area contributed by atoms with Gasteiger partial charge in [0.25, 0.3) is 5.79 Å². The smallest absolute Gasteiger partial charge is 0.308 e. The highest BCUT2D eigenvalue weighted by Gasteiger charge is 2.57. The van der Waals surface area contributed by atoms with Gasteiger partial charge >= 0.3 is 5.91 Å². The molecule has 2 aliphatic rings. The number of unbranched alkanes of at least 4 members (excludes halogenated alkanes) is 3. The van der Waals surface area contributed by atoms with Gasteiger partial charge < -0.3 is 40.1 Å². The Bertz CT molecular complexity index is 1650. The van der Waals surface area contributed by atoms with Gasteiger partial charge in [-0.3, -0.25) is 14.7 Å². The van der Waals surface area contributed by atoms with Crippen LogP contribution in [0.5, 0.6) is 5.75 Å². The SMILES string of the molecule is CCCCCC(=O)N(CCCCc1cc(Cl)c(COC2(c3cnccc3-c3ccccc3OC3CC3)CC2)cc1Cl)C(O)(O)C(O)(O)C(O)CO. The molecule has 5 rings (SSSR count). The second-order valence-electron chi connectivity index (χ2n) is 13.6. The Hall–Kier alpha value is -2.84. The number of pyridine rings is 1. The number of halogens is 2. The second kappa shape index (κ2) is 16.9. The molecule has 51 heavy (non-hydrogen) atoms. The first-order valence-electron chi connectivity index (χ1n) is 17.6. The van der Waals surface area contributed by atoms with Gasteiger partial charge in [0, 0.05) is 46.5 Å². The van der Waals surface area contributed by atoms with Crippen molar-refractivity contribution in [3.05, 3.63) is 81.6 Å². The average Bonchev–Trinajstić information content (AvgIpc) is 4.06. The van der Waals surface area contributed by atoms with Crippen LogP contribution in [0.25, 0.3) is 11.1 Å². The monoisotopic (exact) mass is 746 g/mol. The molecule has 0 aliphatic heterocycles. The summed E-state index contributed by atoms with van der Waals surface area (Å²) in [7, 11) is 0. The molecule has 11 nitrogen and oxygen atoms in total. The van der Waals surface area contributed by atoms with Crippen molar-refractivity contribution in [1.82, 2.24) is 9.88 Å². The number of nitrogens with zero attached hydrogens (tertiary/aromatic N) is 2. The van der Waals surface area contributed by atoms with E-state index >= 15 is 0 Å². The molecule has 1 atom stereocenters. The summed E-state index contributed by atoms with van der Waals surface area (Å²) in [5, 5.41) is 62.0. The minimum atomic E-state index is -3.61. The first kappa shape index (κ1) is 39.4. The van der Waals surface area contributed by atoms with Gasteiger partial charge in [0.1, 0.15) is 11.9 Å². The maximum atomic E-state index is 13.0. The molecular formula is C38H48Cl2N2O9. The summed E-state index contributed by atoms with van der Waals surface area (Å²) in [6.45, 7) is 0.719. The number of aliphatic hydroxyl groups excluding tert-OH is 2. The van der Waals surface area contributed by atoms with Crippen molar-refractivity contribution in [2.75, 3.05) is 13.2 Å². The highest BCUT2D eigenvalue weighted by Crippen LogP contribution is 2.53. The molecule has 1 unspecified atom stereocenters. The lowest BCUT2D eigenvalue weighted by Gasteiger charge is -2.44. The molecule has 2 aromatic carbocycles. The summed E-state index contributed by atoms with van der Waals surface area (Å²) in [6, 6.07) is 13.6. The van der Waals surface area contributed by atoms with Gasteiger partial charge in [-0.25, -0.2) is 0 Å². The highest BCUT2D eigenvalue weighted by atomic mass is 35.5. The Balaban J connectivity index is 1.23. The van der Waals surface area contributed by atoms with Crippen LogP contribution in [0.3, 0.4) is 0 Å². The van der Waals surface area contributed by atoms with E-state index in [9.17, 15) is 35.4 Å². The van der Waals surface area contributed by atoms with Gasteiger partial charge in [-0.15, -0.1) is 0 Å². The van der Waals surface area contributed by atoms with Gasteiger partial charge in [0.2, 0.25) is 5.91 Å². The molecule has 2 fully saturated rings. The van der Waals surface area contributed by atoms with Crippen LogP contribution in [0.15, 0.2) is 54.9 Å². The van der Waals surface area contributed by atoms with Crippen LogP contribution in [-0.2, 0) is 28.2 Å². The van der Waals surface area contributed by atoms with Crippen LogP contribution in [0.2, 0.25) is 10.0 Å². The number of aliphatic hydroxyl groups is 6. The zero-order valence-corrected chi connectivity index (χ0v) is 30.3. The first-order valence-corrected chi connectivity index (χ1v) is 18.4. The van der Waals surface area contributed by atoms with E-state index < -0.39 is 35.9 Å². The van der Waals surface area contributed by atoms with Crippen molar-refractivity contribution in [3.63, 3.8) is 0 Å². The largest absolute Gasteiger partial charge is 0.490 e. The number of para-hydroxylation sites is 1. The number of hydrogen-bond donors (Lipinski definition) is 6. The third-order valence-electron chi connectivity index (χ3n) is 9.61. The van der Waals surface area contributed by atoms with E-state index in [0.717, 1.165) is 65.7 Å². The molecular weight excluding hydrogens is 699 g/mol. The molecule has 0 radical (unpaired) electrons. The van der Waals surface area contributed by atoms with Gasteiger partial charge in [-0.2, -0.15) is 0 Å². The molecule has 3 aromatic rings. The van der Waals surface area contributed by atoms with Crippen molar-refractivity contribution >= 4 is 29.1 Å². The van der Waals surface area contributed by atoms with E-state index in [1.165, 1.54) is 0 Å². The fourth-order valence-electron chi connectivity index (χ4n) is 6.15. The molecule has 0 saturated heterocycles. The number of carbonyl (C=O) groups is 1. The van der Waals surface area contributed by atoms with Crippen molar-refractivity contribution in [3.8, 4) is 16.9 Å². The molecule has 6 N–H and O–H groups in total. The number of aryl methyl sites for hydroxylation is 1. The summed E-state index contributed by atoms with van der Waals surface area (Å²) in [4.78, 5) is 17.9. The van der Waals surface area contributed by atoms with Gasteiger partial charge in [0.05, 0.1) is 24.9 Å².